The molecule has 0 amide bonds. The predicted molar refractivity (Wildman–Crippen MR) is 104 cm³/mol. The van der Waals surface area contributed by atoms with E-state index in [1.54, 1.807) is 51.3 Å². The van der Waals surface area contributed by atoms with Crippen molar-refractivity contribution in [2.75, 3.05) is 12.4 Å². The van der Waals surface area contributed by atoms with Crippen LogP contribution in [0.5, 0.6) is 5.75 Å². The van der Waals surface area contributed by atoms with Crippen molar-refractivity contribution in [1.29, 1.82) is 0 Å². The van der Waals surface area contributed by atoms with Crippen molar-refractivity contribution >= 4 is 49.3 Å². The molecule has 0 radical (unpaired) electrons. The minimum absolute atomic E-state index is 0.330. The summed E-state index contributed by atoms with van der Waals surface area (Å²) in [6.45, 7) is 2.28. The summed E-state index contributed by atoms with van der Waals surface area (Å²) in [5.74, 6) is 1.34. The maximum Gasteiger partial charge on any atom is 0.513 e. The van der Waals surface area contributed by atoms with Crippen LogP contribution in [0.2, 0.25) is 0 Å². The van der Waals surface area contributed by atoms with Crippen LogP contribution in [-0.2, 0) is 4.74 Å². The normalized spacial score (nSPS) is 10.8. The Morgan fingerprint density at radius 2 is 2.20 bits per heavy atom. The number of fused-ring (bicyclic) bond motifs is 1. The summed E-state index contributed by atoms with van der Waals surface area (Å²) in [4.78, 5) is 20.3. The molecule has 0 aliphatic rings. The van der Waals surface area contributed by atoms with E-state index in [0.717, 1.165) is 32.4 Å². The summed E-state index contributed by atoms with van der Waals surface area (Å²) >= 11 is 1.57. The summed E-state index contributed by atoms with van der Waals surface area (Å²) in [6.07, 6.45) is 1.85. The van der Waals surface area contributed by atoms with Gasteiger partial charge in [0.25, 0.3) is 0 Å². The zero-order valence-corrected chi connectivity index (χ0v) is 16.0. The molecule has 0 aliphatic heterocycles. The van der Waals surface area contributed by atoms with Crippen LogP contribution in [0.15, 0.2) is 47.6 Å². The largest absolute Gasteiger partial charge is 0.513 e. The van der Waals surface area contributed by atoms with E-state index in [1.807, 2.05) is 31.2 Å². The molecule has 0 saturated heterocycles. The van der Waals surface area contributed by atoms with E-state index < -0.39 is 6.16 Å². The number of rotatable bonds is 7. The highest BCUT2D eigenvalue weighted by Gasteiger charge is 2.08. The van der Waals surface area contributed by atoms with Crippen molar-refractivity contribution in [3.05, 3.63) is 47.6 Å². The Morgan fingerprint density at radius 1 is 1.28 bits per heavy atom. The molecule has 25 heavy (non-hydrogen) atoms. The van der Waals surface area contributed by atoms with E-state index >= 15 is 0 Å². The number of aromatic nitrogens is 2. The second kappa shape index (κ2) is 9.07. The van der Waals surface area contributed by atoms with Gasteiger partial charge < -0.3 is 9.47 Å². The number of aryl methyl sites for hydroxylation is 1. The van der Waals surface area contributed by atoms with Crippen molar-refractivity contribution in [3.8, 4) is 5.75 Å². The van der Waals surface area contributed by atoms with Gasteiger partial charge in [0.05, 0.1) is 21.8 Å². The quantitative estimate of drug-likeness (QED) is 0.232. The second-order valence-corrected chi connectivity index (χ2v) is 8.66. The lowest BCUT2D eigenvalue weighted by molar-refractivity contribution is 0.0995. The lowest BCUT2D eigenvalue weighted by Gasteiger charge is -2.05. The number of nitrogens with zero attached hydrogens (tertiary/aromatic N) is 2. The zero-order valence-electron chi connectivity index (χ0n) is 13.5. The van der Waals surface area contributed by atoms with Gasteiger partial charge in [-0.05, 0) is 48.4 Å². The number of carbonyl (C=O) groups is 1. The Kier molecular flexibility index (Phi) is 6.55. The minimum atomic E-state index is -0.678. The third-order valence-electron chi connectivity index (χ3n) is 3.04. The summed E-state index contributed by atoms with van der Waals surface area (Å²) in [5, 5.41) is 1.96. The van der Waals surface area contributed by atoms with Gasteiger partial charge in [-0.25, -0.2) is 14.8 Å². The van der Waals surface area contributed by atoms with Crippen LogP contribution >= 0.6 is 32.9 Å². The fourth-order valence-electron chi connectivity index (χ4n) is 1.98. The summed E-state index contributed by atoms with van der Waals surface area (Å²) < 4.78 is 11.3. The van der Waals surface area contributed by atoms with Crippen molar-refractivity contribution in [2.45, 2.75) is 18.4 Å². The first kappa shape index (κ1) is 18.0. The van der Waals surface area contributed by atoms with E-state index in [2.05, 4.69) is 9.97 Å². The molecule has 0 saturated carbocycles. The Labute approximate surface area is 157 Å². The molecule has 0 fully saturated rings. The van der Waals surface area contributed by atoms with E-state index in [-0.39, 0.29) is 0 Å². The average molecular weight is 393 g/mol. The molecule has 130 valence electrons. The summed E-state index contributed by atoms with van der Waals surface area (Å²) in [6, 6.07) is 11.2. The maximum absolute atomic E-state index is 11.7. The topological polar surface area (TPSA) is 61.3 Å². The molecule has 2 heterocycles. The van der Waals surface area contributed by atoms with Crippen molar-refractivity contribution < 1.29 is 14.3 Å². The van der Waals surface area contributed by atoms with Crippen LogP contribution in [0.4, 0.5) is 4.79 Å². The molecule has 0 atom stereocenters. The van der Waals surface area contributed by atoms with Crippen LogP contribution in [0, 0.1) is 6.92 Å². The van der Waals surface area contributed by atoms with Gasteiger partial charge in [-0.15, -0.1) is 11.3 Å². The van der Waals surface area contributed by atoms with Crippen molar-refractivity contribution in [1.82, 2.24) is 9.97 Å². The van der Waals surface area contributed by atoms with Crippen LogP contribution in [0.3, 0.4) is 0 Å². The van der Waals surface area contributed by atoms with Gasteiger partial charge in [0.15, 0.2) is 0 Å². The SMILES string of the molecule is Cc1nc2ccc(OC(=O)OCCCSSc3ccccn3)cc2s1. The monoisotopic (exact) mass is 392 g/mol. The molecular formula is C17H16N2O3S3. The molecule has 0 spiro atoms. The highest BCUT2D eigenvalue weighted by molar-refractivity contribution is 8.76. The summed E-state index contributed by atoms with van der Waals surface area (Å²) in [7, 11) is 3.30. The first-order chi connectivity index (χ1) is 12.2. The molecule has 3 aromatic rings. The number of hydrogen-bond acceptors (Lipinski definition) is 8. The Bertz CT molecular complexity index is 840. The molecule has 2 aromatic heterocycles. The van der Waals surface area contributed by atoms with Crippen molar-refractivity contribution in [3.63, 3.8) is 0 Å². The van der Waals surface area contributed by atoms with E-state index in [9.17, 15) is 4.79 Å². The number of ether oxygens (including phenoxy) is 2. The molecule has 0 N–H and O–H groups in total. The predicted octanol–water partition coefficient (Wildman–Crippen LogP) is 5.35. The number of benzene rings is 1. The second-order valence-electron chi connectivity index (χ2n) is 4.99. The zero-order chi connectivity index (χ0) is 17.5. The van der Waals surface area contributed by atoms with E-state index in [1.165, 1.54) is 0 Å². The van der Waals surface area contributed by atoms with Gasteiger partial charge in [-0.2, -0.15) is 0 Å². The first-order valence-corrected chi connectivity index (χ1v) is 10.8. The van der Waals surface area contributed by atoms with Crippen LogP contribution in [0.25, 0.3) is 10.2 Å². The number of thiazole rings is 1. The maximum atomic E-state index is 11.7. The molecule has 0 aliphatic carbocycles. The van der Waals surface area contributed by atoms with Gasteiger partial charge in [0.1, 0.15) is 10.8 Å². The minimum Gasteiger partial charge on any atom is -0.434 e. The molecule has 1 aromatic carbocycles. The van der Waals surface area contributed by atoms with Gasteiger partial charge in [0.2, 0.25) is 0 Å². The average Bonchev–Trinajstić information content (AvgIpc) is 2.98. The van der Waals surface area contributed by atoms with Gasteiger partial charge in [-0.3, -0.25) is 0 Å². The van der Waals surface area contributed by atoms with Gasteiger partial charge in [-0.1, -0.05) is 16.9 Å². The summed E-state index contributed by atoms with van der Waals surface area (Å²) in [5.41, 5.74) is 0.908. The Morgan fingerprint density at radius 3 is 3.04 bits per heavy atom. The number of hydrogen-bond donors (Lipinski definition) is 0. The Hall–Kier alpha value is -1.77. The van der Waals surface area contributed by atoms with Gasteiger partial charge in [0, 0.05) is 18.0 Å². The van der Waals surface area contributed by atoms with Gasteiger partial charge >= 0.3 is 6.16 Å². The van der Waals surface area contributed by atoms with E-state index in [0.29, 0.717) is 12.4 Å². The third kappa shape index (κ3) is 5.62. The first-order valence-electron chi connectivity index (χ1n) is 7.63. The highest BCUT2D eigenvalue weighted by atomic mass is 33.1. The van der Waals surface area contributed by atoms with E-state index in [4.69, 9.17) is 9.47 Å². The van der Waals surface area contributed by atoms with Crippen LogP contribution < -0.4 is 4.74 Å². The Balaban J connectivity index is 1.34. The lowest BCUT2D eigenvalue weighted by atomic mass is 10.3. The van der Waals surface area contributed by atoms with Crippen molar-refractivity contribution in [2.24, 2.45) is 0 Å². The fraction of sp³-hybridized carbons (Fsp3) is 0.235. The smallest absolute Gasteiger partial charge is 0.434 e. The lowest BCUT2D eigenvalue weighted by Crippen LogP contribution is -2.11. The van der Waals surface area contributed by atoms with Crippen LogP contribution in [-0.4, -0.2) is 28.5 Å². The number of pyridine rings is 1. The molecule has 0 bridgehead atoms. The fourth-order valence-corrected chi connectivity index (χ4v) is 4.78. The number of carbonyl (C=O) groups excluding carboxylic acids is 1. The molecule has 0 unspecified atom stereocenters. The molecule has 3 rings (SSSR count). The third-order valence-corrected chi connectivity index (χ3v) is 6.33. The molecular weight excluding hydrogens is 376 g/mol. The highest BCUT2D eigenvalue weighted by Crippen LogP contribution is 2.29. The molecule has 8 heteroatoms. The van der Waals surface area contributed by atoms with Crippen LogP contribution in [0.1, 0.15) is 11.4 Å². The standard InChI is InChI=1S/C17H16N2O3S3/c1-12-19-14-7-6-13(11-15(14)24-12)22-17(20)21-9-4-10-23-25-16-5-2-3-8-18-16/h2-3,5-8,11H,4,9-10H2,1H3. The molecule has 5 nitrogen and oxygen atoms in total.